The van der Waals surface area contributed by atoms with Crippen LogP contribution in [0.3, 0.4) is 0 Å². The summed E-state index contributed by atoms with van der Waals surface area (Å²) >= 11 is 0. The van der Waals surface area contributed by atoms with Crippen LogP contribution in [0.2, 0.25) is 0 Å². The standard InChI is InChI=1S/C24H36N2O2/c1-4-5-6-7-8-14-24(27)26(16-17-28-3)20-23-13-10-15-25(23)19-22-12-9-11-21(2)18-22/h9-13,15,18H,4-8,14,16-17,19-20H2,1-3H3. The van der Waals surface area contributed by atoms with Gasteiger partial charge >= 0.3 is 0 Å². The molecule has 0 fully saturated rings. The maximum Gasteiger partial charge on any atom is 0.222 e. The molecule has 154 valence electrons. The number of carbonyl (C=O) groups excluding carboxylic acids is 1. The van der Waals surface area contributed by atoms with E-state index in [0.717, 1.165) is 25.1 Å². The zero-order valence-corrected chi connectivity index (χ0v) is 17.8. The van der Waals surface area contributed by atoms with Gasteiger partial charge in [-0.15, -0.1) is 0 Å². The Morgan fingerprint density at radius 3 is 2.68 bits per heavy atom. The Kier molecular flexibility index (Phi) is 9.84. The average molecular weight is 385 g/mol. The highest BCUT2D eigenvalue weighted by atomic mass is 16.5. The number of hydrogen-bond acceptors (Lipinski definition) is 2. The lowest BCUT2D eigenvalue weighted by Gasteiger charge is -2.23. The van der Waals surface area contributed by atoms with Gasteiger partial charge in [-0.05, 0) is 31.0 Å². The molecule has 0 aliphatic heterocycles. The number of aryl methyl sites for hydroxylation is 1. The third-order valence-electron chi connectivity index (χ3n) is 5.12. The molecule has 2 aromatic rings. The third-order valence-corrected chi connectivity index (χ3v) is 5.12. The largest absolute Gasteiger partial charge is 0.383 e. The number of aromatic nitrogens is 1. The number of amides is 1. The summed E-state index contributed by atoms with van der Waals surface area (Å²) in [5, 5.41) is 0. The molecule has 0 atom stereocenters. The van der Waals surface area contributed by atoms with Crippen LogP contribution in [0, 0.1) is 6.92 Å². The van der Waals surface area contributed by atoms with Gasteiger partial charge in [-0.3, -0.25) is 4.79 Å². The molecule has 0 radical (unpaired) electrons. The van der Waals surface area contributed by atoms with E-state index in [0.29, 0.717) is 26.1 Å². The van der Waals surface area contributed by atoms with Crippen LogP contribution in [0.25, 0.3) is 0 Å². The van der Waals surface area contributed by atoms with Crippen molar-refractivity contribution < 1.29 is 9.53 Å². The predicted molar refractivity (Wildman–Crippen MR) is 115 cm³/mol. The van der Waals surface area contributed by atoms with Gasteiger partial charge in [0.15, 0.2) is 0 Å². The van der Waals surface area contributed by atoms with Gasteiger partial charge in [-0.1, -0.05) is 62.4 Å². The topological polar surface area (TPSA) is 34.5 Å². The first-order chi connectivity index (χ1) is 13.6. The van der Waals surface area contributed by atoms with Crippen LogP contribution in [-0.2, 0) is 22.6 Å². The van der Waals surface area contributed by atoms with Gasteiger partial charge in [0.05, 0.1) is 13.2 Å². The van der Waals surface area contributed by atoms with E-state index in [-0.39, 0.29) is 5.91 Å². The minimum absolute atomic E-state index is 0.233. The molecule has 28 heavy (non-hydrogen) atoms. The van der Waals surface area contributed by atoms with Gasteiger partial charge in [-0.25, -0.2) is 0 Å². The second-order valence-electron chi connectivity index (χ2n) is 7.59. The summed E-state index contributed by atoms with van der Waals surface area (Å²) in [6, 6.07) is 12.8. The molecule has 1 aromatic heterocycles. The SMILES string of the molecule is CCCCCCCC(=O)N(CCOC)Cc1cccn1Cc1cccc(C)c1. The first-order valence-electron chi connectivity index (χ1n) is 10.6. The number of rotatable bonds is 13. The van der Waals surface area contributed by atoms with Gasteiger partial charge in [0.2, 0.25) is 5.91 Å². The van der Waals surface area contributed by atoms with Crippen LogP contribution in [0.5, 0.6) is 0 Å². The van der Waals surface area contributed by atoms with Gasteiger partial charge in [-0.2, -0.15) is 0 Å². The summed E-state index contributed by atoms with van der Waals surface area (Å²) < 4.78 is 7.48. The highest BCUT2D eigenvalue weighted by Gasteiger charge is 2.15. The Morgan fingerprint density at radius 2 is 1.93 bits per heavy atom. The van der Waals surface area contributed by atoms with Crippen LogP contribution in [0.4, 0.5) is 0 Å². The first kappa shape index (κ1) is 22.2. The van der Waals surface area contributed by atoms with E-state index in [2.05, 4.69) is 61.0 Å². The summed E-state index contributed by atoms with van der Waals surface area (Å²) in [6.45, 7) is 7.00. The number of unbranched alkanes of at least 4 members (excludes halogenated alkanes) is 4. The van der Waals surface area contributed by atoms with E-state index in [1.807, 2.05) is 4.90 Å². The average Bonchev–Trinajstić information content (AvgIpc) is 3.11. The smallest absolute Gasteiger partial charge is 0.222 e. The van der Waals surface area contributed by atoms with E-state index in [1.165, 1.54) is 30.4 Å². The summed E-state index contributed by atoms with van der Waals surface area (Å²) in [5.41, 5.74) is 3.71. The van der Waals surface area contributed by atoms with Crippen molar-refractivity contribution in [3.05, 3.63) is 59.4 Å². The van der Waals surface area contributed by atoms with Crippen LogP contribution in [0.1, 0.15) is 62.3 Å². The minimum atomic E-state index is 0.233. The van der Waals surface area contributed by atoms with Crippen molar-refractivity contribution in [3.8, 4) is 0 Å². The molecule has 0 bridgehead atoms. The van der Waals surface area contributed by atoms with E-state index in [4.69, 9.17) is 4.74 Å². The minimum Gasteiger partial charge on any atom is -0.383 e. The van der Waals surface area contributed by atoms with Crippen molar-refractivity contribution in [3.63, 3.8) is 0 Å². The van der Waals surface area contributed by atoms with Crippen LogP contribution in [-0.4, -0.2) is 35.6 Å². The van der Waals surface area contributed by atoms with Gasteiger partial charge in [0.1, 0.15) is 0 Å². The number of hydrogen-bond donors (Lipinski definition) is 0. The van der Waals surface area contributed by atoms with Gasteiger partial charge < -0.3 is 14.2 Å². The molecule has 0 spiro atoms. The molecule has 0 unspecified atom stereocenters. The van der Waals surface area contributed by atoms with E-state index in [1.54, 1.807) is 7.11 Å². The molecular weight excluding hydrogens is 348 g/mol. The predicted octanol–water partition coefficient (Wildman–Crippen LogP) is 5.18. The molecular formula is C24H36N2O2. The fraction of sp³-hybridized carbons (Fsp3) is 0.542. The Balaban J connectivity index is 1.98. The Labute approximate surface area is 170 Å². The molecule has 0 aliphatic carbocycles. The van der Waals surface area contributed by atoms with Crippen LogP contribution < -0.4 is 0 Å². The Morgan fingerprint density at radius 1 is 1.11 bits per heavy atom. The van der Waals surface area contributed by atoms with E-state index < -0.39 is 0 Å². The third kappa shape index (κ3) is 7.51. The zero-order valence-electron chi connectivity index (χ0n) is 17.8. The van der Waals surface area contributed by atoms with Crippen molar-refractivity contribution in [2.45, 2.75) is 65.5 Å². The Bertz CT molecular complexity index is 708. The fourth-order valence-corrected chi connectivity index (χ4v) is 3.48. The second-order valence-corrected chi connectivity index (χ2v) is 7.59. The first-order valence-corrected chi connectivity index (χ1v) is 10.6. The molecule has 4 heteroatoms. The van der Waals surface area contributed by atoms with Gasteiger partial charge in [0.25, 0.3) is 0 Å². The van der Waals surface area contributed by atoms with Crippen LogP contribution >= 0.6 is 0 Å². The maximum absolute atomic E-state index is 12.8. The zero-order chi connectivity index (χ0) is 20.2. The summed E-state index contributed by atoms with van der Waals surface area (Å²) in [7, 11) is 1.69. The molecule has 0 N–H and O–H groups in total. The molecule has 1 amide bonds. The number of ether oxygens (including phenoxy) is 1. The molecule has 2 rings (SSSR count). The number of benzene rings is 1. The van der Waals surface area contributed by atoms with E-state index >= 15 is 0 Å². The second kappa shape index (κ2) is 12.4. The lowest BCUT2D eigenvalue weighted by Crippen LogP contribution is -2.34. The summed E-state index contributed by atoms with van der Waals surface area (Å²) in [4.78, 5) is 14.7. The number of nitrogens with zero attached hydrogens (tertiary/aromatic N) is 2. The molecule has 0 saturated carbocycles. The van der Waals surface area contributed by atoms with Gasteiger partial charge in [0, 0.05) is 38.5 Å². The summed E-state index contributed by atoms with van der Waals surface area (Å²) in [5.74, 6) is 0.233. The lowest BCUT2D eigenvalue weighted by atomic mass is 10.1. The van der Waals surface area contributed by atoms with Crippen molar-refractivity contribution in [2.24, 2.45) is 0 Å². The van der Waals surface area contributed by atoms with E-state index in [9.17, 15) is 4.79 Å². The molecule has 0 saturated heterocycles. The highest BCUT2D eigenvalue weighted by Crippen LogP contribution is 2.14. The fourth-order valence-electron chi connectivity index (χ4n) is 3.48. The molecule has 4 nitrogen and oxygen atoms in total. The van der Waals surface area contributed by atoms with Crippen LogP contribution in [0.15, 0.2) is 42.6 Å². The van der Waals surface area contributed by atoms with Crippen molar-refractivity contribution in [1.29, 1.82) is 0 Å². The quantitative estimate of drug-likeness (QED) is 0.446. The molecule has 0 aliphatic rings. The summed E-state index contributed by atoms with van der Waals surface area (Å²) in [6.07, 6.45) is 8.56. The highest BCUT2D eigenvalue weighted by molar-refractivity contribution is 5.76. The Hall–Kier alpha value is -2.07. The molecule has 1 aromatic carbocycles. The lowest BCUT2D eigenvalue weighted by molar-refractivity contribution is -0.132. The molecule has 1 heterocycles. The number of methoxy groups -OCH3 is 1. The normalized spacial score (nSPS) is 11.0. The van der Waals surface area contributed by atoms with Crippen molar-refractivity contribution in [1.82, 2.24) is 9.47 Å². The maximum atomic E-state index is 12.8. The monoisotopic (exact) mass is 384 g/mol. The van der Waals surface area contributed by atoms with Crippen molar-refractivity contribution in [2.75, 3.05) is 20.3 Å². The number of carbonyl (C=O) groups is 1. The van der Waals surface area contributed by atoms with Crippen molar-refractivity contribution >= 4 is 5.91 Å².